The first kappa shape index (κ1) is 20.1. The first-order valence-electron chi connectivity index (χ1n) is 10.2. The molecule has 1 aliphatic rings. The lowest BCUT2D eigenvalue weighted by atomic mass is 9.88. The topological polar surface area (TPSA) is 80.6 Å². The molecule has 2 amide bonds. The van der Waals surface area contributed by atoms with Gasteiger partial charge < -0.3 is 25.1 Å². The average Bonchev–Trinajstić information content (AvgIpc) is 3.13. The zero-order valence-electron chi connectivity index (χ0n) is 17.2. The molecule has 1 atom stereocenters. The van der Waals surface area contributed by atoms with E-state index >= 15 is 0 Å². The second kappa shape index (κ2) is 8.26. The summed E-state index contributed by atoms with van der Waals surface area (Å²) in [4.78, 5) is 17.1. The van der Waals surface area contributed by atoms with Gasteiger partial charge in [-0.15, -0.1) is 0 Å². The van der Waals surface area contributed by atoms with E-state index in [1.165, 1.54) is 6.07 Å². The van der Waals surface area contributed by atoms with Gasteiger partial charge in [0.1, 0.15) is 5.82 Å². The molecule has 0 fully saturated rings. The molecule has 3 aromatic rings. The number of urea groups is 1. The highest BCUT2D eigenvalue weighted by Crippen LogP contribution is 2.40. The maximum Gasteiger partial charge on any atom is 0.315 e. The number of H-pyrrole nitrogens is 1. The minimum atomic E-state index is -0.440. The van der Waals surface area contributed by atoms with Crippen molar-refractivity contribution in [3.63, 3.8) is 0 Å². The SMILES string of the molecule is CCOc1cc2c(cc1OC)CCN(C(N)=O)[C@H]2CCc1c[nH]c2ccc(F)cc12. The van der Waals surface area contributed by atoms with E-state index in [0.717, 1.165) is 27.6 Å². The minimum absolute atomic E-state index is 0.185. The van der Waals surface area contributed by atoms with Gasteiger partial charge in [-0.2, -0.15) is 0 Å². The number of primary amides is 1. The second-order valence-corrected chi connectivity index (χ2v) is 7.47. The third-order valence-corrected chi connectivity index (χ3v) is 5.78. The van der Waals surface area contributed by atoms with Crippen molar-refractivity contribution in [3.05, 3.63) is 59.0 Å². The molecule has 0 spiro atoms. The van der Waals surface area contributed by atoms with Crippen molar-refractivity contribution in [2.75, 3.05) is 20.3 Å². The Morgan fingerprint density at radius 1 is 1.30 bits per heavy atom. The molecule has 1 aliphatic heterocycles. The van der Waals surface area contributed by atoms with Crippen LogP contribution in [0.15, 0.2) is 36.5 Å². The number of hydrogen-bond donors (Lipinski definition) is 2. The molecule has 3 N–H and O–H groups in total. The summed E-state index contributed by atoms with van der Waals surface area (Å²) in [5.74, 6) is 1.08. The van der Waals surface area contributed by atoms with Crippen LogP contribution in [-0.2, 0) is 12.8 Å². The number of nitrogens with zero attached hydrogens (tertiary/aromatic N) is 1. The molecule has 4 rings (SSSR count). The van der Waals surface area contributed by atoms with Gasteiger partial charge in [0.2, 0.25) is 0 Å². The third kappa shape index (κ3) is 3.67. The van der Waals surface area contributed by atoms with E-state index in [0.29, 0.717) is 43.9 Å². The number of rotatable bonds is 6. The van der Waals surface area contributed by atoms with Gasteiger partial charge >= 0.3 is 6.03 Å². The monoisotopic (exact) mass is 411 g/mol. The molecular weight excluding hydrogens is 385 g/mol. The Bertz CT molecular complexity index is 1080. The molecule has 0 unspecified atom stereocenters. The van der Waals surface area contributed by atoms with Gasteiger partial charge in [-0.05, 0) is 73.2 Å². The summed E-state index contributed by atoms with van der Waals surface area (Å²) in [6.07, 6.45) is 3.95. The molecule has 1 aromatic heterocycles. The fraction of sp³-hybridized carbons (Fsp3) is 0.348. The Balaban J connectivity index is 1.68. The minimum Gasteiger partial charge on any atom is -0.493 e. The predicted molar refractivity (Wildman–Crippen MR) is 113 cm³/mol. The van der Waals surface area contributed by atoms with Crippen LogP contribution in [0.3, 0.4) is 0 Å². The standard InChI is InChI=1S/C23H26FN3O3/c1-3-30-22-12-18-14(10-21(22)29-2)8-9-27(23(25)28)20(18)7-4-15-13-26-19-6-5-16(24)11-17(15)19/h5-6,10-13,20,26H,3-4,7-9H2,1-2H3,(H2,25,28)/t20-/m0/s1. The Labute approximate surface area is 174 Å². The molecule has 6 nitrogen and oxygen atoms in total. The van der Waals surface area contributed by atoms with Crippen molar-refractivity contribution in [1.29, 1.82) is 0 Å². The lowest BCUT2D eigenvalue weighted by Crippen LogP contribution is -2.43. The van der Waals surface area contributed by atoms with Crippen molar-refractivity contribution in [2.45, 2.75) is 32.2 Å². The summed E-state index contributed by atoms with van der Waals surface area (Å²) in [6.45, 7) is 2.98. The summed E-state index contributed by atoms with van der Waals surface area (Å²) >= 11 is 0. The summed E-state index contributed by atoms with van der Waals surface area (Å²) in [7, 11) is 1.62. The summed E-state index contributed by atoms with van der Waals surface area (Å²) in [5.41, 5.74) is 9.76. The number of benzene rings is 2. The van der Waals surface area contributed by atoms with Gasteiger partial charge in [0.25, 0.3) is 0 Å². The number of ether oxygens (including phenoxy) is 2. The lowest BCUT2D eigenvalue weighted by Gasteiger charge is -2.37. The molecule has 7 heteroatoms. The van der Waals surface area contributed by atoms with E-state index < -0.39 is 6.03 Å². The van der Waals surface area contributed by atoms with E-state index in [2.05, 4.69) is 4.98 Å². The highest BCUT2D eigenvalue weighted by molar-refractivity contribution is 5.83. The largest absolute Gasteiger partial charge is 0.493 e. The number of nitrogens with one attached hydrogen (secondary N) is 1. The quantitative estimate of drug-likeness (QED) is 0.634. The fourth-order valence-corrected chi connectivity index (χ4v) is 4.36. The van der Waals surface area contributed by atoms with Crippen molar-refractivity contribution in [1.82, 2.24) is 9.88 Å². The molecule has 0 saturated heterocycles. The third-order valence-electron chi connectivity index (χ3n) is 5.78. The zero-order valence-corrected chi connectivity index (χ0v) is 17.2. The molecule has 158 valence electrons. The number of halogens is 1. The number of carbonyl (C=O) groups excluding carboxylic acids is 1. The van der Waals surface area contributed by atoms with Gasteiger partial charge in [-0.1, -0.05) is 0 Å². The average molecular weight is 411 g/mol. The number of aromatic amines is 1. The van der Waals surface area contributed by atoms with Gasteiger partial charge in [0.05, 0.1) is 19.8 Å². The first-order valence-corrected chi connectivity index (χ1v) is 10.2. The summed E-state index contributed by atoms with van der Waals surface area (Å²) in [5, 5.41) is 0.862. The molecule has 0 bridgehead atoms. The van der Waals surface area contributed by atoms with Gasteiger partial charge in [0, 0.05) is 23.6 Å². The maximum atomic E-state index is 13.7. The van der Waals surface area contributed by atoms with Crippen LogP contribution in [0.5, 0.6) is 11.5 Å². The van der Waals surface area contributed by atoms with Crippen LogP contribution in [0.25, 0.3) is 10.9 Å². The van der Waals surface area contributed by atoms with Crippen LogP contribution in [0.2, 0.25) is 0 Å². The summed E-state index contributed by atoms with van der Waals surface area (Å²) < 4.78 is 25.0. The van der Waals surface area contributed by atoms with Gasteiger partial charge in [-0.3, -0.25) is 0 Å². The predicted octanol–water partition coefficient (Wildman–Crippen LogP) is 4.33. The second-order valence-electron chi connectivity index (χ2n) is 7.47. The maximum absolute atomic E-state index is 13.7. The lowest BCUT2D eigenvalue weighted by molar-refractivity contribution is 0.174. The number of methoxy groups -OCH3 is 1. The number of hydrogen-bond acceptors (Lipinski definition) is 3. The van der Waals surface area contributed by atoms with E-state index in [1.807, 2.05) is 25.3 Å². The van der Waals surface area contributed by atoms with Crippen molar-refractivity contribution in [2.24, 2.45) is 5.73 Å². The van der Waals surface area contributed by atoms with Gasteiger partial charge in [0.15, 0.2) is 11.5 Å². The van der Waals surface area contributed by atoms with Crippen LogP contribution < -0.4 is 15.2 Å². The highest BCUT2D eigenvalue weighted by Gasteiger charge is 2.31. The van der Waals surface area contributed by atoms with Crippen LogP contribution in [0, 0.1) is 5.82 Å². The smallest absolute Gasteiger partial charge is 0.315 e. The first-order chi connectivity index (χ1) is 14.5. The molecule has 2 heterocycles. The van der Waals surface area contributed by atoms with Crippen LogP contribution in [0.1, 0.15) is 36.1 Å². The number of amides is 2. The zero-order chi connectivity index (χ0) is 21.3. The number of nitrogens with two attached hydrogens (primary N) is 1. The summed E-state index contributed by atoms with van der Waals surface area (Å²) in [6, 6.07) is 8.05. The number of aromatic nitrogens is 1. The number of carbonyl (C=O) groups is 1. The van der Waals surface area contributed by atoms with Crippen molar-refractivity contribution < 1.29 is 18.7 Å². The Morgan fingerprint density at radius 2 is 2.13 bits per heavy atom. The molecule has 0 radical (unpaired) electrons. The van der Waals surface area contributed by atoms with E-state index in [9.17, 15) is 9.18 Å². The molecule has 0 saturated carbocycles. The molecular formula is C23H26FN3O3. The highest BCUT2D eigenvalue weighted by atomic mass is 19.1. The normalized spacial score (nSPS) is 15.8. The van der Waals surface area contributed by atoms with Crippen molar-refractivity contribution in [3.8, 4) is 11.5 Å². The van der Waals surface area contributed by atoms with E-state index in [4.69, 9.17) is 15.2 Å². The Hall–Kier alpha value is -3.22. The van der Waals surface area contributed by atoms with Crippen LogP contribution in [0.4, 0.5) is 9.18 Å². The Morgan fingerprint density at radius 3 is 2.87 bits per heavy atom. The molecule has 30 heavy (non-hydrogen) atoms. The number of aryl methyl sites for hydroxylation is 1. The molecule has 2 aromatic carbocycles. The fourth-order valence-electron chi connectivity index (χ4n) is 4.36. The van der Waals surface area contributed by atoms with E-state index in [-0.39, 0.29) is 11.9 Å². The van der Waals surface area contributed by atoms with Crippen molar-refractivity contribution >= 4 is 16.9 Å². The number of fused-ring (bicyclic) bond motifs is 2. The van der Waals surface area contributed by atoms with Gasteiger partial charge in [-0.25, -0.2) is 9.18 Å². The van der Waals surface area contributed by atoms with E-state index in [1.54, 1.807) is 24.1 Å². The molecule has 0 aliphatic carbocycles. The van der Waals surface area contributed by atoms with Crippen LogP contribution in [-0.4, -0.2) is 36.2 Å². The van der Waals surface area contributed by atoms with Crippen LogP contribution >= 0.6 is 0 Å². The Kier molecular flexibility index (Phi) is 5.53.